The van der Waals surface area contributed by atoms with Gasteiger partial charge in [-0.1, -0.05) is 48.0 Å². The molecule has 124 valence electrons. The fraction of sp³-hybridized carbons (Fsp3) is 0.211. The number of hydrogen-bond acceptors (Lipinski definition) is 4. The summed E-state index contributed by atoms with van der Waals surface area (Å²) in [5.41, 5.74) is 1.11. The number of halogens is 1. The third-order valence-electron chi connectivity index (χ3n) is 3.97. The predicted octanol–water partition coefficient (Wildman–Crippen LogP) is 4.74. The van der Waals surface area contributed by atoms with E-state index in [-0.39, 0.29) is 0 Å². The molecule has 4 nitrogen and oxygen atoms in total. The number of esters is 1. The van der Waals surface area contributed by atoms with Gasteiger partial charge in [0, 0.05) is 17.0 Å². The summed E-state index contributed by atoms with van der Waals surface area (Å²) in [6.07, 6.45) is 0.417. The number of rotatable bonds is 3. The van der Waals surface area contributed by atoms with E-state index in [2.05, 4.69) is 0 Å². The highest BCUT2D eigenvalue weighted by atomic mass is 35.5. The lowest BCUT2D eigenvalue weighted by molar-refractivity contribution is -0.0940. The summed E-state index contributed by atoms with van der Waals surface area (Å²) < 4.78 is 5.61. The van der Waals surface area contributed by atoms with Crippen LogP contribution in [0.1, 0.15) is 36.2 Å². The Balaban J connectivity index is 1.96. The van der Waals surface area contributed by atoms with Crippen LogP contribution in [0.3, 0.4) is 0 Å². The van der Waals surface area contributed by atoms with E-state index in [4.69, 9.17) is 16.3 Å². The quantitative estimate of drug-likeness (QED) is 0.818. The Morgan fingerprint density at radius 3 is 2.54 bits per heavy atom. The van der Waals surface area contributed by atoms with E-state index in [0.29, 0.717) is 28.5 Å². The van der Waals surface area contributed by atoms with Gasteiger partial charge in [0.05, 0.1) is 11.1 Å². The summed E-state index contributed by atoms with van der Waals surface area (Å²) in [7, 11) is 0. The fourth-order valence-electron chi connectivity index (χ4n) is 2.72. The van der Waals surface area contributed by atoms with Gasteiger partial charge in [-0.25, -0.2) is 9.86 Å². The van der Waals surface area contributed by atoms with Crippen LogP contribution in [0.4, 0.5) is 0 Å². The first-order valence-electron chi connectivity index (χ1n) is 7.64. The molecule has 0 fully saturated rings. The van der Waals surface area contributed by atoms with E-state index in [1.165, 1.54) is 5.06 Å². The number of hydrogen-bond donors (Lipinski definition) is 1. The highest BCUT2D eigenvalue weighted by Gasteiger charge is 2.40. The van der Waals surface area contributed by atoms with Crippen molar-refractivity contribution in [3.8, 4) is 0 Å². The van der Waals surface area contributed by atoms with Crippen molar-refractivity contribution in [1.82, 2.24) is 5.06 Å². The molecule has 0 aliphatic carbocycles. The summed E-state index contributed by atoms with van der Waals surface area (Å²) in [5, 5.41) is 12.2. The van der Waals surface area contributed by atoms with Gasteiger partial charge in [0.15, 0.2) is 0 Å². The second-order valence-electron chi connectivity index (χ2n) is 6.34. The molecular formula is C19H18ClNO3. The van der Waals surface area contributed by atoms with Crippen molar-refractivity contribution < 1.29 is 14.7 Å². The molecule has 0 saturated heterocycles. The lowest BCUT2D eigenvalue weighted by atomic mass is 10.0. The third kappa shape index (κ3) is 3.16. The van der Waals surface area contributed by atoms with E-state index in [1.807, 2.05) is 44.2 Å². The molecule has 1 aliphatic heterocycles. The molecule has 0 spiro atoms. The molecule has 24 heavy (non-hydrogen) atoms. The van der Waals surface area contributed by atoms with Crippen molar-refractivity contribution in [3.63, 3.8) is 0 Å². The zero-order valence-electron chi connectivity index (χ0n) is 13.5. The molecule has 5 heteroatoms. The minimum Gasteiger partial charge on any atom is -0.425 e. The predicted molar refractivity (Wildman–Crippen MR) is 92.6 cm³/mol. The van der Waals surface area contributed by atoms with Crippen molar-refractivity contribution in [3.05, 3.63) is 76.5 Å². The number of carbonyl (C=O) groups excluding carboxylic acids is 1. The van der Waals surface area contributed by atoms with Crippen LogP contribution >= 0.6 is 11.6 Å². The Kier molecular flexibility index (Phi) is 4.35. The maximum Gasteiger partial charge on any atom is 0.343 e. The van der Waals surface area contributed by atoms with Crippen molar-refractivity contribution in [2.45, 2.75) is 25.8 Å². The maximum atomic E-state index is 12.4. The van der Waals surface area contributed by atoms with Crippen LogP contribution in [0.2, 0.25) is 5.02 Å². The smallest absolute Gasteiger partial charge is 0.343 e. The van der Waals surface area contributed by atoms with Crippen LogP contribution in [0.25, 0.3) is 5.70 Å². The monoisotopic (exact) mass is 343 g/mol. The number of carbonyl (C=O) groups is 1. The number of hydroxylamine groups is 2. The third-order valence-corrected chi connectivity index (χ3v) is 4.20. The molecule has 0 atom stereocenters. The van der Waals surface area contributed by atoms with Crippen LogP contribution in [-0.2, 0) is 4.74 Å². The Morgan fingerprint density at radius 1 is 1.17 bits per heavy atom. The summed E-state index contributed by atoms with van der Waals surface area (Å²) in [5.74, 6) is -0.0503. The van der Waals surface area contributed by atoms with Crippen molar-refractivity contribution in [2.24, 2.45) is 0 Å². The van der Waals surface area contributed by atoms with Crippen LogP contribution < -0.4 is 0 Å². The first-order chi connectivity index (χ1) is 11.4. The maximum absolute atomic E-state index is 12.4. The molecule has 1 aliphatic rings. The average Bonchev–Trinajstić information content (AvgIpc) is 2.77. The van der Waals surface area contributed by atoms with Crippen LogP contribution in [0.5, 0.6) is 0 Å². The lowest BCUT2D eigenvalue weighted by Gasteiger charge is -2.28. The molecule has 3 rings (SSSR count). The molecule has 2 aromatic carbocycles. The van der Waals surface area contributed by atoms with Gasteiger partial charge in [-0.2, -0.15) is 0 Å². The minimum atomic E-state index is -0.560. The zero-order valence-corrected chi connectivity index (χ0v) is 14.2. The Morgan fingerprint density at radius 2 is 1.88 bits per heavy atom. The Bertz CT molecular complexity index is 799. The summed E-state index contributed by atoms with van der Waals surface area (Å²) in [6, 6.07) is 16.0. The van der Waals surface area contributed by atoms with Crippen molar-refractivity contribution in [2.75, 3.05) is 0 Å². The molecule has 0 amide bonds. The van der Waals surface area contributed by atoms with Crippen molar-refractivity contribution >= 4 is 23.3 Å². The average molecular weight is 344 g/mol. The van der Waals surface area contributed by atoms with Crippen LogP contribution in [0, 0.1) is 0 Å². The highest BCUT2D eigenvalue weighted by molar-refractivity contribution is 6.30. The SMILES string of the molecule is CC1(C)CC(OC(=O)c2cccc(Cl)c2)=C(c2ccccc2)N1O. The number of ether oxygens (including phenoxy) is 1. The highest BCUT2D eigenvalue weighted by Crippen LogP contribution is 2.41. The van der Waals surface area contributed by atoms with E-state index < -0.39 is 11.5 Å². The van der Waals surface area contributed by atoms with E-state index in [9.17, 15) is 10.0 Å². The number of nitrogens with zero attached hydrogens (tertiary/aromatic N) is 1. The Labute approximate surface area is 145 Å². The molecular weight excluding hydrogens is 326 g/mol. The van der Waals surface area contributed by atoms with Gasteiger partial charge in [0.2, 0.25) is 0 Å². The van der Waals surface area contributed by atoms with Gasteiger partial charge >= 0.3 is 5.97 Å². The molecule has 0 aromatic heterocycles. The van der Waals surface area contributed by atoms with Crippen molar-refractivity contribution in [1.29, 1.82) is 0 Å². The topological polar surface area (TPSA) is 49.8 Å². The molecule has 2 aromatic rings. The normalized spacial score (nSPS) is 16.4. The van der Waals surface area contributed by atoms with Gasteiger partial charge in [-0.15, -0.1) is 0 Å². The first kappa shape index (κ1) is 16.6. The summed E-state index contributed by atoms with van der Waals surface area (Å²) >= 11 is 5.93. The summed E-state index contributed by atoms with van der Waals surface area (Å²) in [6.45, 7) is 3.77. The van der Waals surface area contributed by atoms with Crippen LogP contribution in [0.15, 0.2) is 60.4 Å². The van der Waals surface area contributed by atoms with E-state index in [1.54, 1.807) is 24.3 Å². The van der Waals surface area contributed by atoms with E-state index >= 15 is 0 Å². The molecule has 1 N–H and O–H groups in total. The fourth-order valence-corrected chi connectivity index (χ4v) is 2.91. The standard InChI is InChI=1S/C19H18ClNO3/c1-19(2)12-16(17(21(19)23)13-7-4-3-5-8-13)24-18(22)14-9-6-10-15(20)11-14/h3-11,23H,12H2,1-2H3. The largest absolute Gasteiger partial charge is 0.425 e. The zero-order chi connectivity index (χ0) is 17.3. The second kappa shape index (κ2) is 6.30. The van der Waals surface area contributed by atoms with Gasteiger partial charge in [-0.05, 0) is 32.0 Å². The number of benzene rings is 2. The van der Waals surface area contributed by atoms with Gasteiger partial charge in [-0.3, -0.25) is 5.21 Å². The first-order valence-corrected chi connectivity index (χ1v) is 8.02. The molecule has 1 heterocycles. The molecule has 0 bridgehead atoms. The van der Waals surface area contributed by atoms with Gasteiger partial charge in [0.1, 0.15) is 11.5 Å². The van der Waals surface area contributed by atoms with Crippen LogP contribution in [-0.4, -0.2) is 21.8 Å². The second-order valence-corrected chi connectivity index (χ2v) is 6.78. The summed E-state index contributed by atoms with van der Waals surface area (Å²) in [4.78, 5) is 12.4. The molecule has 0 saturated carbocycles. The van der Waals surface area contributed by atoms with E-state index in [0.717, 1.165) is 5.56 Å². The van der Waals surface area contributed by atoms with Gasteiger partial charge < -0.3 is 4.74 Å². The molecule has 0 radical (unpaired) electrons. The van der Waals surface area contributed by atoms with Gasteiger partial charge in [0.25, 0.3) is 0 Å². The molecule has 0 unspecified atom stereocenters. The lowest BCUT2D eigenvalue weighted by Crippen LogP contribution is -2.35. The Hall–Kier alpha value is -2.30. The minimum absolute atomic E-state index is 0.372.